The first-order chi connectivity index (χ1) is 49.0. The van der Waals surface area contributed by atoms with Gasteiger partial charge in [-0.15, -0.1) is 0 Å². The summed E-state index contributed by atoms with van der Waals surface area (Å²) in [6, 6.07) is 0. The summed E-state index contributed by atoms with van der Waals surface area (Å²) < 4.78 is 18.9. The van der Waals surface area contributed by atoms with E-state index in [2.05, 4.69) is 106 Å². The molecule has 0 radical (unpaired) electrons. The molecule has 0 aliphatic carbocycles. The van der Waals surface area contributed by atoms with E-state index in [1.54, 1.807) is 127 Å². The van der Waals surface area contributed by atoms with Crippen molar-refractivity contribution in [1.82, 2.24) is 26.4 Å². The first-order valence-corrected chi connectivity index (χ1v) is 44.1. The Labute approximate surface area is 600 Å². The van der Waals surface area contributed by atoms with E-state index in [4.69, 9.17) is 0 Å². The van der Waals surface area contributed by atoms with Crippen molar-refractivity contribution < 1.29 is 0 Å². The molecule has 6 nitrogen and oxygen atoms in total. The van der Waals surface area contributed by atoms with Crippen LogP contribution in [-0.2, 0) is 64.2 Å². The number of nitrogens with zero attached hydrogens (tertiary/aromatic N) is 6. The minimum Gasteiger partial charge on any atom is -0.302 e. The van der Waals surface area contributed by atoms with Gasteiger partial charge in [-0.1, -0.05) is 262 Å². The molecule has 0 aliphatic rings. The number of fused-ring (bicyclic) bond motifs is 9. The number of unbranched alkanes of at least 4 members (excludes halogenated alkanes) is 30. The molecular weight excluding hydrogens is 1220 g/mol. The molecule has 99 heavy (non-hydrogen) atoms. The highest BCUT2D eigenvalue weighted by molar-refractivity contribution is 7.09. The molecule has 0 atom stereocenters. The standard InChI is InChI=1S/C92H132N6S/c1-11-21-31-41-51-63-64(52-42-32-22-12-2)76-78-66(54-44-34-24-14-4)68(56-46-36-26-16-6)80-82-70(58-48-38-28-18-8)72(60-50-40-30-20-10)84-86-74-62-99-61-73(74)85-83-71(59-49-39-29-19-9)69(57-47-37-27-17-7)81-79-67(55-45-35-25-15-5)65(53-43-33-23-13-3)77-75(63)93(76)87-88(94(77)79)90(96(81)83)92(98(85)86)91(97(82)84)89(87)95(78)80/h61-62H,11-60H2,1-10H3. The van der Waals surface area contributed by atoms with Crippen molar-refractivity contribution in [3.8, 4) is 0 Å². The van der Waals surface area contributed by atoms with Gasteiger partial charge in [0.25, 0.3) is 0 Å². The van der Waals surface area contributed by atoms with E-state index >= 15 is 0 Å². The van der Waals surface area contributed by atoms with Crippen molar-refractivity contribution in [2.45, 2.75) is 390 Å². The lowest BCUT2D eigenvalue weighted by Gasteiger charge is -2.27. The summed E-state index contributed by atoms with van der Waals surface area (Å²) in [6.45, 7) is 24.3. The van der Waals surface area contributed by atoms with Crippen LogP contribution in [0.15, 0.2) is 10.8 Å². The van der Waals surface area contributed by atoms with E-state index < -0.39 is 0 Å². The van der Waals surface area contributed by atoms with Gasteiger partial charge in [-0.25, -0.2) is 0 Å². The van der Waals surface area contributed by atoms with Crippen molar-refractivity contribution >= 4 is 121 Å². The molecule has 0 saturated carbocycles. The lowest BCUT2D eigenvalue weighted by atomic mass is 9.93. The minimum atomic E-state index is 1.16. The fourth-order valence-electron chi connectivity index (χ4n) is 20.6. The molecular formula is C92H132N6S. The average molecular weight is 1350 g/mol. The summed E-state index contributed by atoms with van der Waals surface area (Å²) in [5.41, 5.74) is 46.0. The molecule has 0 N–H and O–H groups in total. The number of hydrogen-bond acceptors (Lipinski definition) is 1. The molecule has 7 heteroatoms. The van der Waals surface area contributed by atoms with Crippen molar-refractivity contribution in [1.29, 1.82) is 0 Å². The average Bonchev–Trinajstić information content (AvgIpc) is 1.46. The van der Waals surface area contributed by atoms with Gasteiger partial charge < -0.3 is 26.4 Å². The van der Waals surface area contributed by atoms with Crippen LogP contribution < -0.4 is 0 Å². The van der Waals surface area contributed by atoms with Crippen LogP contribution in [0.3, 0.4) is 0 Å². The monoisotopic (exact) mass is 1350 g/mol. The van der Waals surface area contributed by atoms with Gasteiger partial charge in [0.05, 0.1) is 99.3 Å². The SMILES string of the molecule is CCCCCCc1c(CCCCCC)c2c3c(CCCCCC)c(CCCCCC)c4c5c(CCCCCC)c(CCCCCC)c6c7c8cscc8c8c9c(CCCCCC)c(CCCCCC)c%10c%11c(CCCCCC)c(CCCCCC)c%12c1n2c1c(c(c(c(c1n34)n56)n87)n%109)n%12%11. The van der Waals surface area contributed by atoms with Crippen molar-refractivity contribution in [3.05, 3.63) is 66.4 Å². The lowest BCUT2D eigenvalue weighted by molar-refractivity contribution is 0.653. The predicted octanol–water partition coefficient (Wildman–Crippen LogP) is 29.2. The summed E-state index contributed by atoms with van der Waals surface area (Å²) in [7, 11) is 0. The number of benzene rings is 1. The highest BCUT2D eigenvalue weighted by atomic mass is 32.1. The Balaban J connectivity index is 1.32. The summed E-state index contributed by atoms with van der Waals surface area (Å²) in [6.07, 6.45) is 63.4. The molecule has 13 aromatic heterocycles. The summed E-state index contributed by atoms with van der Waals surface area (Å²) in [5, 5.41) is 8.32. The second kappa shape index (κ2) is 32.3. The van der Waals surface area contributed by atoms with Crippen LogP contribution in [-0.4, -0.2) is 26.4 Å². The van der Waals surface area contributed by atoms with Gasteiger partial charge in [0, 0.05) is 21.5 Å². The number of rotatable bonds is 50. The van der Waals surface area contributed by atoms with E-state index in [0.29, 0.717) is 0 Å². The maximum Gasteiger partial charge on any atom is 0.0993 e. The molecule has 14 rings (SSSR count). The molecule has 13 heterocycles. The second-order valence-corrected chi connectivity index (χ2v) is 33.1. The van der Waals surface area contributed by atoms with Gasteiger partial charge in [0.15, 0.2) is 0 Å². The smallest absolute Gasteiger partial charge is 0.0993 e. The maximum atomic E-state index is 3.19. The van der Waals surface area contributed by atoms with Crippen LogP contribution in [0.5, 0.6) is 0 Å². The first-order valence-electron chi connectivity index (χ1n) is 43.2. The Morgan fingerprint density at radius 2 is 0.293 bits per heavy atom. The Morgan fingerprint density at radius 1 is 0.162 bits per heavy atom. The quantitative estimate of drug-likeness (QED) is 0.0206. The fraction of sp³-hybridized carbons (Fsp3) is 0.652. The molecule has 0 saturated heterocycles. The zero-order chi connectivity index (χ0) is 68.3. The molecule has 0 amide bonds. The van der Waals surface area contributed by atoms with Gasteiger partial charge in [-0.3, -0.25) is 0 Å². The normalized spacial score (nSPS) is 13.2. The van der Waals surface area contributed by atoms with E-state index in [9.17, 15) is 0 Å². The summed E-state index contributed by atoms with van der Waals surface area (Å²) >= 11 is 1.99. The number of aromatic nitrogens is 6. The highest BCUT2D eigenvalue weighted by Crippen LogP contribution is 2.57. The molecule has 0 fully saturated rings. The zero-order valence-corrected chi connectivity index (χ0v) is 65.4. The van der Waals surface area contributed by atoms with Crippen LogP contribution in [0.2, 0.25) is 0 Å². The van der Waals surface area contributed by atoms with Crippen molar-refractivity contribution in [2.75, 3.05) is 0 Å². The molecule has 1 aromatic carbocycles. The van der Waals surface area contributed by atoms with Gasteiger partial charge in [-0.05, 0) is 184 Å². The van der Waals surface area contributed by atoms with E-state index in [-0.39, 0.29) is 0 Å². The molecule has 0 spiro atoms. The maximum absolute atomic E-state index is 3.19. The van der Waals surface area contributed by atoms with Crippen molar-refractivity contribution in [3.63, 3.8) is 0 Å². The van der Waals surface area contributed by atoms with Gasteiger partial charge in [-0.2, -0.15) is 11.3 Å². The van der Waals surface area contributed by atoms with Crippen LogP contribution in [0.1, 0.15) is 382 Å². The molecule has 0 bridgehead atoms. The third-order valence-electron chi connectivity index (χ3n) is 25.4. The predicted molar refractivity (Wildman–Crippen MR) is 438 cm³/mol. The van der Waals surface area contributed by atoms with Crippen LogP contribution >= 0.6 is 11.3 Å². The second-order valence-electron chi connectivity index (χ2n) is 32.4. The minimum absolute atomic E-state index is 1.16. The van der Waals surface area contributed by atoms with Crippen LogP contribution in [0, 0.1) is 0 Å². The van der Waals surface area contributed by atoms with Gasteiger partial charge in [0.1, 0.15) is 0 Å². The lowest BCUT2D eigenvalue weighted by Crippen LogP contribution is -2.14. The topological polar surface area (TPSA) is 26.5 Å². The Kier molecular flexibility index (Phi) is 23.1. The number of thiophene rings is 1. The van der Waals surface area contributed by atoms with Crippen LogP contribution in [0.4, 0.5) is 0 Å². The van der Waals surface area contributed by atoms with E-state index in [1.165, 1.54) is 347 Å². The van der Waals surface area contributed by atoms with E-state index in [1.807, 2.05) is 11.3 Å². The van der Waals surface area contributed by atoms with Crippen molar-refractivity contribution in [2.24, 2.45) is 0 Å². The molecule has 0 aliphatic heterocycles. The molecule has 0 unspecified atom stereocenters. The Bertz CT molecular complexity index is 4540. The van der Waals surface area contributed by atoms with E-state index in [0.717, 1.165) is 12.8 Å². The summed E-state index contributed by atoms with van der Waals surface area (Å²) in [5.74, 6) is 0. The highest BCUT2D eigenvalue weighted by Gasteiger charge is 2.41. The van der Waals surface area contributed by atoms with Crippen LogP contribution in [0.25, 0.3) is 110 Å². The number of aryl methyl sites for hydroxylation is 10. The first kappa shape index (κ1) is 70.9. The number of hydrogen-bond donors (Lipinski definition) is 0. The third kappa shape index (κ3) is 12.0. The fourth-order valence-corrected chi connectivity index (χ4v) is 21.4. The summed E-state index contributed by atoms with van der Waals surface area (Å²) in [4.78, 5) is 0. The zero-order valence-electron chi connectivity index (χ0n) is 64.6. The van der Waals surface area contributed by atoms with Gasteiger partial charge in [0.2, 0.25) is 0 Å². The Hall–Kier alpha value is -5.14. The van der Waals surface area contributed by atoms with Gasteiger partial charge >= 0.3 is 0 Å². The Morgan fingerprint density at radius 3 is 0.434 bits per heavy atom. The third-order valence-corrected chi connectivity index (χ3v) is 26.1. The largest absolute Gasteiger partial charge is 0.302 e. The molecule has 536 valence electrons. The molecule has 14 aromatic rings.